The molecule has 1 atom stereocenters. The third kappa shape index (κ3) is 3.52. The Balaban J connectivity index is 2.08. The minimum absolute atomic E-state index is 0.144. The Kier molecular flexibility index (Phi) is 4.62. The van der Waals surface area contributed by atoms with Crippen LogP contribution in [0.25, 0.3) is 0 Å². The molecule has 1 aliphatic carbocycles. The molecule has 0 aromatic carbocycles. The van der Waals surface area contributed by atoms with Crippen LogP contribution in [0.5, 0.6) is 0 Å². The molecule has 0 radical (unpaired) electrons. The van der Waals surface area contributed by atoms with Crippen LogP contribution in [-0.4, -0.2) is 22.9 Å². The predicted octanol–water partition coefficient (Wildman–Crippen LogP) is 4.16. The van der Waals surface area contributed by atoms with Crippen LogP contribution < -0.4 is 0 Å². The SMILES string of the molecule is CC(C)CC(O)(CC(C)C)C1CCOC2(CCC2)C1. The van der Waals surface area contributed by atoms with Crippen molar-refractivity contribution in [1.29, 1.82) is 0 Å². The summed E-state index contributed by atoms with van der Waals surface area (Å²) >= 11 is 0. The first-order valence-electron chi connectivity index (χ1n) is 8.22. The van der Waals surface area contributed by atoms with Gasteiger partial charge in [0, 0.05) is 6.61 Å². The summed E-state index contributed by atoms with van der Waals surface area (Å²) in [6, 6.07) is 0. The molecular weight excluding hydrogens is 236 g/mol. The number of rotatable bonds is 5. The van der Waals surface area contributed by atoms with E-state index >= 15 is 0 Å². The minimum atomic E-state index is -0.477. The lowest BCUT2D eigenvalue weighted by Gasteiger charge is -2.51. The van der Waals surface area contributed by atoms with Gasteiger partial charge >= 0.3 is 0 Å². The van der Waals surface area contributed by atoms with Crippen molar-refractivity contribution in [2.75, 3.05) is 6.61 Å². The summed E-state index contributed by atoms with van der Waals surface area (Å²) in [7, 11) is 0. The van der Waals surface area contributed by atoms with E-state index in [1.54, 1.807) is 0 Å². The van der Waals surface area contributed by atoms with E-state index in [4.69, 9.17) is 4.74 Å². The first kappa shape index (κ1) is 15.3. The summed E-state index contributed by atoms with van der Waals surface area (Å²) in [6.45, 7) is 9.75. The van der Waals surface area contributed by atoms with Gasteiger partial charge in [-0.2, -0.15) is 0 Å². The molecule has 1 N–H and O–H groups in total. The molecule has 2 rings (SSSR count). The van der Waals surface area contributed by atoms with Crippen molar-refractivity contribution in [2.24, 2.45) is 17.8 Å². The van der Waals surface area contributed by atoms with E-state index in [-0.39, 0.29) is 5.60 Å². The molecule has 2 heteroatoms. The minimum Gasteiger partial charge on any atom is -0.390 e. The number of hydrogen-bond acceptors (Lipinski definition) is 2. The lowest BCUT2D eigenvalue weighted by atomic mass is 9.65. The van der Waals surface area contributed by atoms with Crippen molar-refractivity contribution >= 4 is 0 Å². The Morgan fingerprint density at radius 2 is 1.74 bits per heavy atom. The van der Waals surface area contributed by atoms with Gasteiger partial charge in [0.2, 0.25) is 0 Å². The van der Waals surface area contributed by atoms with Crippen molar-refractivity contribution in [3.63, 3.8) is 0 Å². The van der Waals surface area contributed by atoms with Crippen molar-refractivity contribution < 1.29 is 9.84 Å². The highest BCUT2D eigenvalue weighted by Gasteiger charge is 2.48. The summed E-state index contributed by atoms with van der Waals surface area (Å²) in [6.07, 6.45) is 7.73. The molecule has 1 aliphatic heterocycles. The van der Waals surface area contributed by atoms with Crippen LogP contribution in [-0.2, 0) is 4.74 Å². The van der Waals surface area contributed by atoms with Gasteiger partial charge in [0.15, 0.2) is 0 Å². The van der Waals surface area contributed by atoms with Crippen LogP contribution in [0.3, 0.4) is 0 Å². The molecule has 2 aliphatic rings. The molecule has 1 unspecified atom stereocenters. The fourth-order valence-corrected chi connectivity index (χ4v) is 4.24. The van der Waals surface area contributed by atoms with Crippen LogP contribution >= 0.6 is 0 Å². The highest BCUT2D eigenvalue weighted by atomic mass is 16.5. The second-order valence-corrected chi connectivity index (χ2v) is 7.87. The van der Waals surface area contributed by atoms with E-state index in [0.717, 1.165) is 32.3 Å². The standard InChI is InChI=1S/C17H32O2/c1-13(2)10-17(18,11-14(3)4)15-6-9-19-16(12-15)7-5-8-16/h13-15,18H,5-12H2,1-4H3. The lowest BCUT2D eigenvalue weighted by Crippen LogP contribution is -2.52. The zero-order valence-corrected chi connectivity index (χ0v) is 13.2. The lowest BCUT2D eigenvalue weighted by molar-refractivity contribution is -0.181. The molecule has 0 aromatic heterocycles. The van der Waals surface area contributed by atoms with E-state index in [1.165, 1.54) is 19.3 Å². The highest BCUT2D eigenvalue weighted by Crippen LogP contribution is 2.49. The van der Waals surface area contributed by atoms with Gasteiger partial charge in [-0.25, -0.2) is 0 Å². The van der Waals surface area contributed by atoms with E-state index < -0.39 is 5.60 Å². The molecule has 112 valence electrons. The fraction of sp³-hybridized carbons (Fsp3) is 1.00. The van der Waals surface area contributed by atoms with Crippen LogP contribution in [0.4, 0.5) is 0 Å². The van der Waals surface area contributed by atoms with Gasteiger partial charge in [-0.1, -0.05) is 27.7 Å². The zero-order valence-electron chi connectivity index (χ0n) is 13.2. The van der Waals surface area contributed by atoms with Gasteiger partial charge in [0.25, 0.3) is 0 Å². The largest absolute Gasteiger partial charge is 0.390 e. The Morgan fingerprint density at radius 3 is 2.16 bits per heavy atom. The first-order chi connectivity index (χ1) is 8.85. The maximum absolute atomic E-state index is 11.3. The Morgan fingerprint density at radius 1 is 1.16 bits per heavy atom. The van der Waals surface area contributed by atoms with Gasteiger partial charge in [0.1, 0.15) is 0 Å². The molecule has 2 nitrogen and oxygen atoms in total. The molecule has 0 bridgehead atoms. The number of hydrogen-bond donors (Lipinski definition) is 1. The van der Waals surface area contributed by atoms with Crippen molar-refractivity contribution in [1.82, 2.24) is 0 Å². The third-order valence-electron chi connectivity index (χ3n) is 5.04. The Hall–Kier alpha value is -0.0800. The average molecular weight is 268 g/mol. The normalized spacial score (nSPS) is 27.0. The van der Waals surface area contributed by atoms with Crippen molar-refractivity contribution in [3.05, 3.63) is 0 Å². The number of aliphatic hydroxyl groups is 1. The molecule has 1 spiro atoms. The van der Waals surface area contributed by atoms with Crippen LogP contribution in [0.2, 0.25) is 0 Å². The Labute approximate surface area is 118 Å². The molecule has 0 aromatic rings. The summed E-state index contributed by atoms with van der Waals surface area (Å²) < 4.78 is 6.03. The smallest absolute Gasteiger partial charge is 0.0686 e. The fourth-order valence-electron chi connectivity index (χ4n) is 4.24. The summed E-state index contributed by atoms with van der Waals surface area (Å²) in [5.41, 5.74) is -0.334. The molecule has 19 heavy (non-hydrogen) atoms. The van der Waals surface area contributed by atoms with Gasteiger partial charge in [-0.3, -0.25) is 0 Å². The third-order valence-corrected chi connectivity index (χ3v) is 5.04. The topological polar surface area (TPSA) is 29.5 Å². The molecular formula is C17H32O2. The number of ether oxygens (including phenoxy) is 1. The van der Waals surface area contributed by atoms with E-state index in [0.29, 0.717) is 17.8 Å². The molecule has 1 heterocycles. The summed E-state index contributed by atoms with van der Waals surface area (Å²) in [4.78, 5) is 0. The molecule has 0 amide bonds. The van der Waals surface area contributed by atoms with Crippen LogP contribution in [0.1, 0.15) is 72.6 Å². The molecule has 2 fully saturated rings. The van der Waals surface area contributed by atoms with Crippen LogP contribution in [0, 0.1) is 17.8 Å². The van der Waals surface area contributed by atoms with Gasteiger partial charge in [-0.05, 0) is 62.7 Å². The molecule has 1 saturated carbocycles. The average Bonchev–Trinajstić information content (AvgIpc) is 2.25. The summed E-state index contributed by atoms with van der Waals surface area (Å²) in [5.74, 6) is 1.55. The first-order valence-corrected chi connectivity index (χ1v) is 8.22. The quantitative estimate of drug-likeness (QED) is 0.811. The maximum atomic E-state index is 11.3. The highest BCUT2D eigenvalue weighted by molar-refractivity contribution is 5.00. The zero-order chi connectivity index (χ0) is 14.1. The van der Waals surface area contributed by atoms with Crippen molar-refractivity contribution in [2.45, 2.75) is 83.8 Å². The van der Waals surface area contributed by atoms with Crippen molar-refractivity contribution in [3.8, 4) is 0 Å². The predicted molar refractivity (Wildman–Crippen MR) is 79.1 cm³/mol. The summed E-state index contributed by atoms with van der Waals surface area (Å²) in [5, 5.41) is 11.3. The maximum Gasteiger partial charge on any atom is 0.0686 e. The second kappa shape index (κ2) is 5.73. The van der Waals surface area contributed by atoms with E-state index in [9.17, 15) is 5.11 Å². The second-order valence-electron chi connectivity index (χ2n) is 7.87. The van der Waals surface area contributed by atoms with Crippen LogP contribution in [0.15, 0.2) is 0 Å². The van der Waals surface area contributed by atoms with E-state index in [2.05, 4.69) is 27.7 Å². The van der Waals surface area contributed by atoms with E-state index in [1.807, 2.05) is 0 Å². The Bertz CT molecular complexity index is 282. The van der Waals surface area contributed by atoms with Gasteiger partial charge in [-0.15, -0.1) is 0 Å². The monoisotopic (exact) mass is 268 g/mol. The van der Waals surface area contributed by atoms with Gasteiger partial charge in [0.05, 0.1) is 11.2 Å². The molecule has 1 saturated heterocycles. The van der Waals surface area contributed by atoms with Gasteiger partial charge < -0.3 is 9.84 Å².